The molecule has 0 aromatic carbocycles. The Balaban J connectivity index is 0. The maximum absolute atomic E-state index is 11.2. The molecule has 0 saturated carbocycles. The van der Waals surface area contributed by atoms with Gasteiger partial charge in [0.1, 0.15) is 36.3 Å². The van der Waals surface area contributed by atoms with E-state index in [9.17, 15) is 9.59 Å². The van der Waals surface area contributed by atoms with Crippen molar-refractivity contribution >= 4 is 99.9 Å². The molecule has 2 heterocycles. The Bertz CT molecular complexity index is 855. The molecule has 0 atom stereocenters. The number of rotatable bonds is 3. The third-order valence-electron chi connectivity index (χ3n) is 3.23. The molecular weight excluding hydrogens is 1040 g/mol. The van der Waals surface area contributed by atoms with Gasteiger partial charge >= 0.3 is 114 Å². The van der Waals surface area contributed by atoms with Gasteiger partial charge in [-0.3, -0.25) is 9.59 Å². The zero-order valence-corrected chi connectivity index (χ0v) is 30.4. The van der Waals surface area contributed by atoms with Crippen molar-refractivity contribution in [3.63, 3.8) is 0 Å². The topological polar surface area (TPSA) is 89.9 Å². The summed E-state index contributed by atoms with van der Waals surface area (Å²) < 4.78 is 15.3. The van der Waals surface area contributed by atoms with E-state index < -0.39 is 0 Å². The predicted octanol–water partition coefficient (Wildman–Crippen LogP) is 6.58. The van der Waals surface area contributed by atoms with Crippen LogP contribution in [-0.2, 0) is 32.3 Å². The van der Waals surface area contributed by atoms with Crippen molar-refractivity contribution in [1.29, 1.82) is 0 Å². The molecule has 0 aliphatic rings. The first-order valence-corrected chi connectivity index (χ1v) is 30.5. The zero-order chi connectivity index (χ0) is 23.9. The van der Waals surface area contributed by atoms with E-state index in [0.717, 1.165) is 0 Å². The molecule has 0 bridgehead atoms. The Morgan fingerprint density at radius 3 is 1.60 bits per heavy atom. The molecule has 2 aromatic rings. The molecule has 6 nitrogen and oxygen atoms in total. The number of aliphatic hydroxyl groups excluding tert-OH is 1. The molecule has 0 aliphatic heterocycles. The number of aliphatic hydroxyl groups is 1. The molecule has 0 aliphatic carbocycles. The summed E-state index contributed by atoms with van der Waals surface area (Å²) in [6.45, 7) is 6.93. The number of hydrogen-bond donors (Lipinski definition) is 1. The van der Waals surface area contributed by atoms with Crippen LogP contribution in [0.3, 0.4) is 0 Å². The number of methoxy groups -OCH3 is 1. The SMILES string of the molecule is COCc1oc(C)cc(=O)c1C.Cc1cc(=O)c(C)c(CO)o1.[I][V]([I])[I].[I][V][I]. The number of aryl methyl sites for hydroxylation is 2. The van der Waals surface area contributed by atoms with Crippen LogP contribution in [0, 0.1) is 27.7 Å². The summed E-state index contributed by atoms with van der Waals surface area (Å²) in [6, 6.07) is 2.89. The number of ether oxygens (including phenoxy) is 1. The van der Waals surface area contributed by atoms with Gasteiger partial charge in [-0.1, -0.05) is 0 Å². The minimum absolute atomic E-state index is 0.00537. The summed E-state index contributed by atoms with van der Waals surface area (Å²) in [4.78, 5) is 22.0. The fourth-order valence-electron chi connectivity index (χ4n) is 1.88. The van der Waals surface area contributed by atoms with E-state index in [1.165, 1.54) is 12.1 Å². The average molecular weight is 1060 g/mol. The van der Waals surface area contributed by atoms with E-state index in [1.54, 1.807) is 34.8 Å². The summed E-state index contributed by atoms with van der Waals surface area (Å²) in [5, 5.41) is 8.73. The molecule has 0 spiro atoms. The third-order valence-corrected chi connectivity index (χ3v) is 3.23. The van der Waals surface area contributed by atoms with Gasteiger partial charge in [-0.05, 0) is 27.7 Å². The average Bonchev–Trinajstić information content (AvgIpc) is 2.63. The normalized spacial score (nSPS) is 9.47. The van der Waals surface area contributed by atoms with Gasteiger partial charge in [0.25, 0.3) is 0 Å². The molecule has 1 N–H and O–H groups in total. The van der Waals surface area contributed by atoms with Crippen molar-refractivity contribution in [2.24, 2.45) is 0 Å². The summed E-state index contributed by atoms with van der Waals surface area (Å²) in [5.74, 6) is 2.12. The summed E-state index contributed by atoms with van der Waals surface area (Å²) in [6.07, 6.45) is 0. The van der Waals surface area contributed by atoms with Crippen molar-refractivity contribution in [1.82, 2.24) is 0 Å². The summed E-state index contributed by atoms with van der Waals surface area (Å²) in [5.41, 5.74) is 1.03. The number of halogens is 5. The first-order valence-electron chi connectivity index (χ1n) is 7.94. The fraction of sp³-hybridized carbons (Fsp3) is 0.412. The molecule has 0 saturated heterocycles. The molecule has 0 fully saturated rings. The van der Waals surface area contributed by atoms with E-state index in [2.05, 4.69) is 99.9 Å². The van der Waals surface area contributed by atoms with E-state index >= 15 is 0 Å². The molecule has 0 unspecified atom stereocenters. The second-order valence-corrected chi connectivity index (χ2v) is 52.5. The molecular formula is C17H22I5O6V2. The van der Waals surface area contributed by atoms with Gasteiger partial charge in [-0.2, -0.15) is 0 Å². The second kappa shape index (κ2) is 21.0. The van der Waals surface area contributed by atoms with Crippen LogP contribution in [-0.4, -0.2) is 12.2 Å². The van der Waals surface area contributed by atoms with Crippen LogP contribution in [0.4, 0.5) is 0 Å². The van der Waals surface area contributed by atoms with Gasteiger partial charge in [-0.25, -0.2) is 0 Å². The Labute approximate surface area is 243 Å². The Hall–Kier alpha value is 2.64. The van der Waals surface area contributed by atoms with E-state index in [1.807, 2.05) is 0 Å². The van der Waals surface area contributed by atoms with Gasteiger partial charge in [0.2, 0.25) is 0 Å². The zero-order valence-electron chi connectivity index (χ0n) is 16.8. The van der Waals surface area contributed by atoms with Crippen LogP contribution in [0.5, 0.6) is 0 Å². The molecule has 30 heavy (non-hydrogen) atoms. The molecule has 0 radical (unpaired) electrons. The molecule has 2 rings (SSSR count). The standard InChI is InChI=1S/C9H12O3.C8H10O3.5HI.2V/c1-6-4-8(10)7(2)9(12-6)5-11-3;1-5-3-7(10)6(2)8(4-9)11-5;;;;;;;/h4H,5H2,1-3H3;3,9H,4H2,1-2H3;5*1H;;/q;;;;;;;+2;+3/p-5. The molecule has 0 amide bonds. The van der Waals surface area contributed by atoms with Crippen molar-refractivity contribution in [2.45, 2.75) is 40.9 Å². The van der Waals surface area contributed by atoms with E-state index in [0.29, 0.717) is 50.2 Å². The van der Waals surface area contributed by atoms with Crippen molar-refractivity contribution in [3.8, 4) is 0 Å². The van der Waals surface area contributed by atoms with E-state index in [-0.39, 0.29) is 22.4 Å². The first-order chi connectivity index (χ1) is 13.9. The van der Waals surface area contributed by atoms with Gasteiger partial charge in [0.15, 0.2) is 10.9 Å². The number of hydrogen-bond acceptors (Lipinski definition) is 6. The molecule has 2 aromatic heterocycles. The van der Waals surface area contributed by atoms with Gasteiger partial charge in [-0.15, -0.1) is 0 Å². The van der Waals surface area contributed by atoms with Crippen LogP contribution in [0.1, 0.15) is 34.2 Å². The monoisotopic (exact) mass is 1060 g/mol. The molecule has 171 valence electrons. The van der Waals surface area contributed by atoms with Crippen LogP contribution in [0.25, 0.3) is 0 Å². The summed E-state index contributed by atoms with van der Waals surface area (Å²) >= 11 is 12.1. The summed E-state index contributed by atoms with van der Waals surface area (Å²) in [7, 11) is 2.20. The minimum atomic E-state index is -0.278. The van der Waals surface area contributed by atoms with Gasteiger partial charge < -0.3 is 18.7 Å². The molecule has 13 heteroatoms. The Morgan fingerprint density at radius 1 is 0.933 bits per heavy atom. The predicted molar refractivity (Wildman–Crippen MR) is 156 cm³/mol. The Kier molecular flexibility index (Phi) is 24.3. The second-order valence-electron chi connectivity index (χ2n) is 5.39. The maximum atomic E-state index is 11.2. The van der Waals surface area contributed by atoms with Crippen molar-refractivity contribution in [3.05, 3.63) is 66.7 Å². The third kappa shape index (κ3) is 17.1. The van der Waals surface area contributed by atoms with Gasteiger partial charge in [0, 0.05) is 30.4 Å². The van der Waals surface area contributed by atoms with Crippen LogP contribution < -0.4 is 10.9 Å². The van der Waals surface area contributed by atoms with Crippen LogP contribution in [0.2, 0.25) is 0 Å². The Morgan fingerprint density at radius 2 is 1.27 bits per heavy atom. The van der Waals surface area contributed by atoms with Crippen molar-refractivity contribution in [2.75, 3.05) is 7.11 Å². The van der Waals surface area contributed by atoms with Crippen LogP contribution >= 0.6 is 99.9 Å². The fourth-order valence-corrected chi connectivity index (χ4v) is 1.88. The van der Waals surface area contributed by atoms with E-state index in [4.69, 9.17) is 18.7 Å². The van der Waals surface area contributed by atoms with Crippen molar-refractivity contribution < 1.29 is 33.1 Å². The quantitative estimate of drug-likeness (QED) is 0.350. The van der Waals surface area contributed by atoms with Gasteiger partial charge in [0.05, 0.1) is 0 Å². The first kappa shape index (κ1) is 34.8. The van der Waals surface area contributed by atoms with Crippen LogP contribution in [0.15, 0.2) is 30.6 Å².